The number of phenols is 2. The van der Waals surface area contributed by atoms with Crippen LogP contribution in [0.15, 0.2) is 24.3 Å². The number of unbranched alkanes of at least 4 members (excludes halogenated alkanes) is 3. The van der Waals surface area contributed by atoms with Crippen molar-refractivity contribution in [3.8, 4) is 11.5 Å². The van der Waals surface area contributed by atoms with Crippen molar-refractivity contribution in [2.24, 2.45) is 0 Å². The fourth-order valence-electron chi connectivity index (χ4n) is 4.33. The van der Waals surface area contributed by atoms with E-state index in [1.807, 2.05) is 0 Å². The SMILES string of the molecule is Cc1c(C(O)CNCCCCCCNCC(O)c2ccc(O)c(NS(C)(=O)=O)c2C)ccc(O)c1NS(C)(=O)=O. The van der Waals surface area contributed by atoms with E-state index in [0.29, 0.717) is 35.3 Å². The molecule has 0 aliphatic carbocycles. The summed E-state index contributed by atoms with van der Waals surface area (Å²) < 4.78 is 50.8. The van der Waals surface area contributed by atoms with Gasteiger partial charge in [0.2, 0.25) is 20.0 Å². The Morgan fingerprint density at radius 2 is 1.00 bits per heavy atom. The summed E-state index contributed by atoms with van der Waals surface area (Å²) >= 11 is 0. The first-order valence-electron chi connectivity index (χ1n) is 13.0. The summed E-state index contributed by atoms with van der Waals surface area (Å²) in [5, 5.41) is 47.4. The molecule has 0 aliphatic heterocycles. The Hall–Kier alpha value is -2.62. The minimum Gasteiger partial charge on any atom is -0.506 e. The molecule has 0 aliphatic rings. The number of benzene rings is 2. The Kier molecular flexibility index (Phi) is 12.5. The van der Waals surface area contributed by atoms with Gasteiger partial charge in [0.05, 0.1) is 36.1 Å². The highest BCUT2D eigenvalue weighted by atomic mass is 32.2. The van der Waals surface area contributed by atoms with Gasteiger partial charge in [0.15, 0.2) is 0 Å². The molecular weight excluding hydrogens is 560 g/mol. The smallest absolute Gasteiger partial charge is 0.229 e. The molecule has 0 spiro atoms. The number of hydrogen-bond acceptors (Lipinski definition) is 10. The lowest BCUT2D eigenvalue weighted by Gasteiger charge is -2.19. The topological polar surface area (TPSA) is 197 Å². The summed E-state index contributed by atoms with van der Waals surface area (Å²) in [7, 11) is -7.16. The van der Waals surface area contributed by atoms with E-state index in [1.165, 1.54) is 12.1 Å². The predicted octanol–water partition coefficient (Wildman–Crippen LogP) is 1.96. The van der Waals surface area contributed by atoms with Crippen molar-refractivity contribution in [3.05, 3.63) is 46.5 Å². The lowest BCUT2D eigenvalue weighted by molar-refractivity contribution is 0.173. The molecule has 0 saturated carbocycles. The number of aliphatic hydroxyl groups excluding tert-OH is 2. The number of aromatic hydroxyl groups is 2. The first-order valence-corrected chi connectivity index (χ1v) is 16.8. The van der Waals surface area contributed by atoms with Gasteiger partial charge in [-0.05, 0) is 74.2 Å². The number of nitrogens with one attached hydrogen (secondary N) is 4. The summed E-state index contributed by atoms with van der Waals surface area (Å²) in [4.78, 5) is 0. The van der Waals surface area contributed by atoms with Crippen LogP contribution < -0.4 is 20.1 Å². The predicted molar refractivity (Wildman–Crippen MR) is 157 cm³/mol. The number of anilines is 2. The standard InChI is InChI=1S/C26H42N4O8S2/c1-17-19(9-11-21(31)25(17)29-39(3,35)36)23(33)15-27-13-7-5-6-8-14-28-16-24(34)20-10-12-22(32)26(18(20)2)30-40(4,37)38/h9-12,23-24,27-34H,5-8,13-16H2,1-4H3. The fraction of sp³-hybridized carbons (Fsp3) is 0.538. The van der Waals surface area contributed by atoms with Gasteiger partial charge in [-0.2, -0.15) is 0 Å². The van der Waals surface area contributed by atoms with Gasteiger partial charge in [-0.25, -0.2) is 16.8 Å². The van der Waals surface area contributed by atoms with Gasteiger partial charge in [-0.15, -0.1) is 0 Å². The Labute approximate surface area is 236 Å². The first-order chi connectivity index (χ1) is 18.6. The van der Waals surface area contributed by atoms with Crippen LogP contribution in [0, 0.1) is 13.8 Å². The van der Waals surface area contributed by atoms with Gasteiger partial charge in [-0.3, -0.25) is 9.44 Å². The maximum atomic E-state index is 11.6. The van der Waals surface area contributed by atoms with Crippen LogP contribution in [-0.2, 0) is 20.0 Å². The monoisotopic (exact) mass is 602 g/mol. The zero-order valence-corrected chi connectivity index (χ0v) is 25.0. The summed E-state index contributed by atoms with van der Waals surface area (Å²) in [6.07, 6.45) is 3.97. The van der Waals surface area contributed by atoms with Gasteiger partial charge in [0.1, 0.15) is 11.5 Å². The second-order valence-corrected chi connectivity index (χ2v) is 13.4. The summed E-state index contributed by atoms with van der Waals surface area (Å²) in [5.74, 6) is -0.412. The highest BCUT2D eigenvalue weighted by Crippen LogP contribution is 2.34. The average molecular weight is 603 g/mol. The van der Waals surface area contributed by atoms with E-state index in [4.69, 9.17) is 0 Å². The third-order valence-electron chi connectivity index (χ3n) is 6.40. The lowest BCUT2D eigenvalue weighted by atomic mass is 10.0. The Morgan fingerprint density at radius 3 is 1.32 bits per heavy atom. The van der Waals surface area contributed by atoms with Gasteiger partial charge in [0.25, 0.3) is 0 Å². The molecule has 40 heavy (non-hydrogen) atoms. The molecule has 8 N–H and O–H groups in total. The van der Waals surface area contributed by atoms with E-state index < -0.39 is 32.3 Å². The minimum absolute atomic E-state index is 0.0621. The molecule has 14 heteroatoms. The van der Waals surface area contributed by atoms with Crippen molar-refractivity contribution in [2.75, 3.05) is 48.1 Å². The third-order valence-corrected chi connectivity index (χ3v) is 7.55. The molecule has 0 amide bonds. The van der Waals surface area contributed by atoms with Gasteiger partial charge in [-0.1, -0.05) is 25.0 Å². The molecule has 2 unspecified atom stereocenters. The molecular formula is C26H42N4O8S2. The van der Waals surface area contributed by atoms with Gasteiger partial charge >= 0.3 is 0 Å². The molecule has 0 radical (unpaired) electrons. The molecule has 226 valence electrons. The Bertz CT molecular complexity index is 1250. The zero-order chi connectivity index (χ0) is 30.1. The molecule has 12 nitrogen and oxygen atoms in total. The van der Waals surface area contributed by atoms with Gasteiger partial charge < -0.3 is 31.1 Å². The second kappa shape index (κ2) is 14.8. The fourth-order valence-corrected chi connectivity index (χ4v) is 5.59. The van der Waals surface area contributed by atoms with Crippen LogP contribution in [0.3, 0.4) is 0 Å². The highest BCUT2D eigenvalue weighted by molar-refractivity contribution is 7.92. The van der Waals surface area contributed by atoms with Crippen molar-refractivity contribution in [1.82, 2.24) is 10.6 Å². The number of aliphatic hydroxyl groups is 2. The van der Waals surface area contributed by atoms with Crippen LogP contribution >= 0.6 is 0 Å². The maximum Gasteiger partial charge on any atom is 0.229 e. The number of sulfonamides is 2. The molecule has 2 aromatic carbocycles. The molecule has 2 atom stereocenters. The van der Waals surface area contributed by atoms with Crippen molar-refractivity contribution in [2.45, 2.75) is 51.7 Å². The number of phenolic OH excluding ortho intramolecular Hbond substituents is 2. The van der Waals surface area contributed by atoms with Crippen LogP contribution in [0.25, 0.3) is 0 Å². The van der Waals surface area contributed by atoms with Crippen molar-refractivity contribution < 1.29 is 37.3 Å². The first kappa shape index (κ1) is 33.6. The van der Waals surface area contributed by atoms with E-state index in [1.54, 1.807) is 26.0 Å². The normalized spacial score (nSPS) is 13.7. The van der Waals surface area contributed by atoms with Gasteiger partial charge in [0, 0.05) is 13.1 Å². The van der Waals surface area contributed by atoms with Crippen molar-refractivity contribution in [1.29, 1.82) is 0 Å². The maximum absolute atomic E-state index is 11.6. The van der Waals surface area contributed by atoms with E-state index in [2.05, 4.69) is 20.1 Å². The molecule has 0 aromatic heterocycles. The Balaban J connectivity index is 1.67. The van der Waals surface area contributed by atoms with E-state index >= 15 is 0 Å². The second-order valence-electron chi connectivity index (χ2n) is 9.95. The quantitative estimate of drug-likeness (QED) is 0.0979. The number of rotatable bonds is 17. The molecule has 2 rings (SSSR count). The molecule has 2 aromatic rings. The van der Waals surface area contributed by atoms with E-state index in [9.17, 15) is 37.3 Å². The van der Waals surface area contributed by atoms with Crippen molar-refractivity contribution >= 4 is 31.4 Å². The Morgan fingerprint density at radius 1 is 0.650 bits per heavy atom. The number of hydrogen-bond donors (Lipinski definition) is 8. The third kappa shape index (κ3) is 10.7. The average Bonchev–Trinajstić information content (AvgIpc) is 2.84. The summed E-state index contributed by atoms with van der Waals surface area (Å²) in [5.41, 5.74) is 2.09. The molecule has 0 bridgehead atoms. The van der Waals surface area contributed by atoms with Crippen LogP contribution in [0.4, 0.5) is 11.4 Å². The summed E-state index contributed by atoms with van der Waals surface area (Å²) in [6, 6.07) is 5.85. The molecule has 0 fully saturated rings. The molecule has 0 saturated heterocycles. The van der Waals surface area contributed by atoms with Crippen molar-refractivity contribution in [3.63, 3.8) is 0 Å². The lowest BCUT2D eigenvalue weighted by Crippen LogP contribution is -2.24. The highest BCUT2D eigenvalue weighted by Gasteiger charge is 2.19. The van der Waals surface area contributed by atoms with E-state index in [0.717, 1.165) is 38.2 Å². The van der Waals surface area contributed by atoms with Crippen LogP contribution in [0.1, 0.15) is 60.1 Å². The molecule has 0 heterocycles. The zero-order valence-electron chi connectivity index (χ0n) is 23.4. The van der Waals surface area contributed by atoms with E-state index in [-0.39, 0.29) is 36.0 Å². The van der Waals surface area contributed by atoms with Crippen LogP contribution in [-0.4, -0.2) is 76.0 Å². The van der Waals surface area contributed by atoms with Crippen LogP contribution in [0.5, 0.6) is 11.5 Å². The largest absolute Gasteiger partial charge is 0.506 e. The van der Waals surface area contributed by atoms with Crippen LogP contribution in [0.2, 0.25) is 0 Å². The minimum atomic E-state index is -3.58. The summed E-state index contributed by atoms with van der Waals surface area (Å²) in [6.45, 7) is 5.22.